The van der Waals surface area contributed by atoms with Crippen molar-refractivity contribution in [3.63, 3.8) is 0 Å². The van der Waals surface area contributed by atoms with Crippen LogP contribution in [0.25, 0.3) is 0 Å². The Balaban J connectivity index is 1.74. The Morgan fingerprint density at radius 3 is 2.86 bits per heavy atom. The highest BCUT2D eigenvalue weighted by Gasteiger charge is 2.45. The summed E-state index contributed by atoms with van der Waals surface area (Å²) in [6.45, 7) is 7.65. The van der Waals surface area contributed by atoms with Crippen LogP contribution < -0.4 is 0 Å². The summed E-state index contributed by atoms with van der Waals surface area (Å²) in [5, 5.41) is 3.77. The van der Waals surface area contributed by atoms with E-state index in [2.05, 4.69) is 19.0 Å². The first-order valence-corrected chi connectivity index (χ1v) is 7.59. The number of fused-ring (bicyclic) bond motifs is 1. The smallest absolute Gasteiger partial charge is 0.276 e. The van der Waals surface area contributed by atoms with Crippen molar-refractivity contribution in [1.29, 1.82) is 0 Å². The van der Waals surface area contributed by atoms with E-state index in [1.54, 1.807) is 17.9 Å². The molecule has 22 heavy (non-hydrogen) atoms. The minimum absolute atomic E-state index is 0.00142. The van der Waals surface area contributed by atoms with Gasteiger partial charge in [0.1, 0.15) is 12.4 Å². The molecule has 0 radical (unpaired) electrons. The topological polar surface area (TPSA) is 75.9 Å². The predicted octanol–water partition coefficient (Wildman–Crippen LogP) is 0.691. The average molecular weight is 307 g/mol. The summed E-state index contributed by atoms with van der Waals surface area (Å²) in [7, 11) is 0. The molecule has 7 heteroatoms. The molecule has 2 saturated heterocycles. The molecule has 0 bridgehead atoms. The number of nitrogens with zero attached hydrogens (tertiary/aromatic N) is 3. The van der Waals surface area contributed by atoms with Crippen LogP contribution in [0.2, 0.25) is 0 Å². The lowest BCUT2D eigenvalue weighted by Crippen LogP contribution is -2.55. The summed E-state index contributed by atoms with van der Waals surface area (Å²) in [6.07, 6.45) is -0.117. The van der Waals surface area contributed by atoms with E-state index in [0.717, 1.165) is 0 Å². The van der Waals surface area contributed by atoms with Gasteiger partial charge in [0, 0.05) is 25.7 Å². The van der Waals surface area contributed by atoms with E-state index >= 15 is 0 Å². The Kier molecular flexibility index (Phi) is 3.90. The first kappa shape index (κ1) is 15.0. The number of ether oxygens (including phenoxy) is 1. The molecule has 2 fully saturated rings. The first-order valence-electron chi connectivity index (χ1n) is 7.59. The highest BCUT2D eigenvalue weighted by molar-refractivity contribution is 5.92. The van der Waals surface area contributed by atoms with Gasteiger partial charge in [-0.05, 0) is 12.8 Å². The largest absolute Gasteiger partial charge is 0.364 e. The number of aryl methyl sites for hydroxylation is 1. The number of aromatic nitrogens is 1. The summed E-state index contributed by atoms with van der Waals surface area (Å²) in [5.74, 6) is 0.812. The average Bonchev–Trinajstić information content (AvgIpc) is 3.07. The Hall–Kier alpha value is -1.89. The third-order valence-corrected chi connectivity index (χ3v) is 4.07. The minimum Gasteiger partial charge on any atom is -0.364 e. The second-order valence-corrected chi connectivity index (χ2v) is 6.39. The van der Waals surface area contributed by atoms with Crippen LogP contribution in [0.5, 0.6) is 0 Å². The molecule has 1 aromatic rings. The number of carbonyl (C=O) groups excluding carboxylic acids is 2. The first-order chi connectivity index (χ1) is 10.5. The molecule has 2 amide bonds. The van der Waals surface area contributed by atoms with Gasteiger partial charge in [-0.2, -0.15) is 0 Å². The van der Waals surface area contributed by atoms with Crippen molar-refractivity contribution >= 4 is 11.8 Å². The van der Waals surface area contributed by atoms with Crippen molar-refractivity contribution in [3.05, 3.63) is 17.5 Å². The molecule has 1 aromatic heterocycles. The molecule has 2 aliphatic heterocycles. The fourth-order valence-corrected chi connectivity index (χ4v) is 3.09. The van der Waals surface area contributed by atoms with E-state index in [0.29, 0.717) is 37.0 Å². The van der Waals surface area contributed by atoms with E-state index in [1.165, 1.54) is 0 Å². The van der Waals surface area contributed by atoms with Crippen LogP contribution in [-0.4, -0.2) is 65.2 Å². The molecule has 2 aliphatic rings. The summed E-state index contributed by atoms with van der Waals surface area (Å²) in [5.41, 5.74) is 0.304. The quantitative estimate of drug-likeness (QED) is 0.821. The number of amides is 2. The van der Waals surface area contributed by atoms with Gasteiger partial charge in [-0.3, -0.25) is 9.59 Å². The highest BCUT2D eigenvalue weighted by atomic mass is 16.5. The van der Waals surface area contributed by atoms with Crippen molar-refractivity contribution in [2.45, 2.75) is 32.9 Å². The van der Waals surface area contributed by atoms with Gasteiger partial charge in [0.25, 0.3) is 5.91 Å². The van der Waals surface area contributed by atoms with Crippen LogP contribution in [0.1, 0.15) is 30.1 Å². The normalized spacial score (nSPS) is 25.0. The van der Waals surface area contributed by atoms with Crippen LogP contribution in [0.4, 0.5) is 0 Å². The fourth-order valence-electron chi connectivity index (χ4n) is 3.09. The molecular weight excluding hydrogens is 286 g/mol. The maximum Gasteiger partial charge on any atom is 0.276 e. The zero-order valence-electron chi connectivity index (χ0n) is 13.1. The monoisotopic (exact) mass is 307 g/mol. The molecule has 7 nitrogen and oxygen atoms in total. The third kappa shape index (κ3) is 2.72. The van der Waals surface area contributed by atoms with Gasteiger partial charge in [0.2, 0.25) is 5.91 Å². The molecule has 0 saturated carbocycles. The number of rotatable bonds is 3. The predicted molar refractivity (Wildman–Crippen MR) is 77.2 cm³/mol. The number of likely N-dealkylation sites (tertiary alicyclic amines) is 1. The molecule has 120 valence electrons. The maximum atomic E-state index is 12.5. The van der Waals surface area contributed by atoms with Crippen LogP contribution >= 0.6 is 0 Å². The van der Waals surface area contributed by atoms with E-state index in [4.69, 9.17) is 9.26 Å². The van der Waals surface area contributed by atoms with Crippen LogP contribution in [0, 0.1) is 12.8 Å². The van der Waals surface area contributed by atoms with E-state index in [1.807, 2.05) is 4.90 Å². The van der Waals surface area contributed by atoms with E-state index in [-0.39, 0.29) is 30.6 Å². The Labute approximate surface area is 129 Å². The Morgan fingerprint density at radius 2 is 2.23 bits per heavy atom. The molecule has 3 heterocycles. The standard InChI is InChI=1S/C15H21N3O4/c1-9(2)5-18-12-6-17(7-13(12)21-8-14(18)19)15(20)11-4-10(3)22-16-11/h4,9,12-13H,5-8H2,1-3H3. The van der Waals surface area contributed by atoms with Gasteiger partial charge in [-0.25, -0.2) is 0 Å². The highest BCUT2D eigenvalue weighted by Crippen LogP contribution is 2.25. The maximum absolute atomic E-state index is 12.5. The Bertz CT molecular complexity index is 583. The zero-order chi connectivity index (χ0) is 15.9. The van der Waals surface area contributed by atoms with Crippen LogP contribution in [0.15, 0.2) is 10.6 Å². The van der Waals surface area contributed by atoms with Crippen LogP contribution in [0.3, 0.4) is 0 Å². The summed E-state index contributed by atoms with van der Waals surface area (Å²) >= 11 is 0. The van der Waals surface area contributed by atoms with Gasteiger partial charge in [-0.1, -0.05) is 19.0 Å². The lowest BCUT2D eigenvalue weighted by Gasteiger charge is -2.37. The van der Waals surface area contributed by atoms with Crippen molar-refractivity contribution in [3.8, 4) is 0 Å². The molecule has 0 spiro atoms. The van der Waals surface area contributed by atoms with Crippen molar-refractivity contribution in [1.82, 2.24) is 15.0 Å². The summed E-state index contributed by atoms with van der Waals surface area (Å²) in [4.78, 5) is 28.1. The van der Waals surface area contributed by atoms with E-state index < -0.39 is 0 Å². The number of carbonyl (C=O) groups is 2. The number of hydrogen-bond donors (Lipinski definition) is 0. The summed E-state index contributed by atoms with van der Waals surface area (Å²) in [6, 6.07) is 1.56. The Morgan fingerprint density at radius 1 is 1.45 bits per heavy atom. The zero-order valence-corrected chi connectivity index (χ0v) is 13.1. The molecular formula is C15H21N3O4. The van der Waals surface area contributed by atoms with Crippen LogP contribution in [-0.2, 0) is 9.53 Å². The fraction of sp³-hybridized carbons (Fsp3) is 0.667. The SMILES string of the molecule is Cc1cc(C(=O)N2CC3OCC(=O)N(CC(C)C)C3C2)no1. The molecule has 3 rings (SSSR count). The van der Waals surface area contributed by atoms with Gasteiger partial charge in [0.05, 0.1) is 12.1 Å². The lowest BCUT2D eigenvalue weighted by atomic mass is 10.1. The van der Waals surface area contributed by atoms with Crippen molar-refractivity contribution < 1.29 is 18.8 Å². The lowest BCUT2D eigenvalue weighted by molar-refractivity contribution is -0.153. The molecule has 2 atom stereocenters. The molecule has 0 aromatic carbocycles. The number of hydrogen-bond acceptors (Lipinski definition) is 5. The number of morpholine rings is 1. The molecule has 0 aliphatic carbocycles. The second-order valence-electron chi connectivity index (χ2n) is 6.39. The van der Waals surface area contributed by atoms with Gasteiger partial charge < -0.3 is 19.1 Å². The van der Waals surface area contributed by atoms with Crippen molar-refractivity contribution in [2.75, 3.05) is 26.2 Å². The van der Waals surface area contributed by atoms with E-state index in [9.17, 15) is 9.59 Å². The minimum atomic E-state index is -0.174. The van der Waals surface area contributed by atoms with Gasteiger partial charge in [-0.15, -0.1) is 0 Å². The van der Waals surface area contributed by atoms with Crippen molar-refractivity contribution in [2.24, 2.45) is 5.92 Å². The third-order valence-electron chi connectivity index (χ3n) is 4.07. The second kappa shape index (κ2) is 5.72. The molecule has 2 unspecified atom stereocenters. The van der Waals surface area contributed by atoms with Gasteiger partial charge >= 0.3 is 0 Å². The summed E-state index contributed by atoms with van der Waals surface area (Å²) < 4.78 is 10.6. The molecule has 0 N–H and O–H groups in total. The van der Waals surface area contributed by atoms with Gasteiger partial charge in [0.15, 0.2) is 5.69 Å².